The first kappa shape index (κ1) is 30.8. The van der Waals surface area contributed by atoms with Crippen molar-refractivity contribution in [1.82, 2.24) is 20.2 Å². The lowest BCUT2D eigenvalue weighted by molar-refractivity contribution is 0.0573. The molecule has 1 aliphatic rings. The number of amides is 2. The van der Waals surface area contributed by atoms with Crippen molar-refractivity contribution in [3.63, 3.8) is 0 Å². The highest BCUT2D eigenvalue weighted by Crippen LogP contribution is 2.30. The van der Waals surface area contributed by atoms with E-state index in [1.165, 1.54) is 25.3 Å². The van der Waals surface area contributed by atoms with E-state index < -0.39 is 16.1 Å². The monoisotopic (exact) mass is 595 g/mol. The molecule has 12 heteroatoms. The number of benzene rings is 2. The molecule has 2 aromatic carbocycles. The third-order valence-electron chi connectivity index (χ3n) is 6.96. The molecule has 1 atom stereocenters. The van der Waals surface area contributed by atoms with Crippen LogP contribution in [0.4, 0.5) is 10.7 Å². The van der Waals surface area contributed by atoms with Crippen LogP contribution in [0, 0.1) is 19.8 Å². The fraction of sp³-hybridized carbons (Fsp3) is 0.400. The normalized spacial score (nSPS) is 16.4. The number of aryl methyl sites for hydroxylation is 2. The molecule has 1 aliphatic heterocycles. The van der Waals surface area contributed by atoms with Crippen molar-refractivity contribution in [3.8, 4) is 17.1 Å². The Morgan fingerprint density at radius 3 is 2.55 bits per heavy atom. The van der Waals surface area contributed by atoms with Crippen LogP contribution in [0.25, 0.3) is 11.3 Å². The molecule has 4 rings (SSSR count). The van der Waals surface area contributed by atoms with Gasteiger partial charge >= 0.3 is 6.09 Å². The van der Waals surface area contributed by atoms with E-state index in [9.17, 15) is 18.0 Å². The van der Waals surface area contributed by atoms with Gasteiger partial charge in [0, 0.05) is 30.3 Å². The number of hydrogen-bond acceptors (Lipinski definition) is 8. The lowest BCUT2D eigenvalue weighted by Crippen LogP contribution is -2.45. The molecular formula is C30H37N5O6S. The number of carbonyl (C=O) groups is 2. The molecule has 224 valence electrons. The molecule has 4 bridgehead atoms. The highest BCUT2D eigenvalue weighted by molar-refractivity contribution is 7.92. The average Bonchev–Trinajstić information content (AvgIpc) is 2.94. The second kappa shape index (κ2) is 13.2. The summed E-state index contributed by atoms with van der Waals surface area (Å²) in [6.07, 6.45) is 0.510. The summed E-state index contributed by atoms with van der Waals surface area (Å²) in [4.78, 5) is 36.0. The number of aromatic nitrogens is 2. The summed E-state index contributed by atoms with van der Waals surface area (Å²) in [5, 5.41) is 2.64. The Morgan fingerprint density at radius 2 is 1.86 bits per heavy atom. The van der Waals surface area contributed by atoms with Gasteiger partial charge in [0.05, 0.1) is 23.7 Å². The first-order valence-electron chi connectivity index (χ1n) is 13.8. The van der Waals surface area contributed by atoms with E-state index in [0.717, 1.165) is 16.7 Å². The number of sulfonamides is 1. The van der Waals surface area contributed by atoms with Crippen LogP contribution >= 0.6 is 0 Å². The zero-order valence-electron chi connectivity index (χ0n) is 24.5. The van der Waals surface area contributed by atoms with Crippen molar-refractivity contribution < 1.29 is 27.5 Å². The van der Waals surface area contributed by atoms with Crippen LogP contribution in [0.15, 0.2) is 53.4 Å². The second-order valence-electron chi connectivity index (χ2n) is 10.7. The summed E-state index contributed by atoms with van der Waals surface area (Å²) < 4.78 is 40.2. The maximum Gasteiger partial charge on any atom is 0.406 e. The van der Waals surface area contributed by atoms with E-state index in [1.54, 1.807) is 17.0 Å². The highest BCUT2D eigenvalue weighted by Gasteiger charge is 2.29. The minimum Gasteiger partial charge on any atom is -0.475 e. The number of anilines is 1. The third-order valence-corrected chi connectivity index (χ3v) is 8.28. The number of nitrogens with one attached hydrogen (secondary N) is 2. The van der Waals surface area contributed by atoms with Gasteiger partial charge in [-0.1, -0.05) is 38.1 Å². The number of ether oxygens (including phenoxy) is 2. The highest BCUT2D eigenvalue weighted by atomic mass is 32.2. The Kier molecular flexibility index (Phi) is 9.66. The van der Waals surface area contributed by atoms with Crippen LogP contribution < -0.4 is 14.8 Å². The van der Waals surface area contributed by atoms with Crippen molar-refractivity contribution in [2.45, 2.75) is 51.5 Å². The van der Waals surface area contributed by atoms with Gasteiger partial charge in [-0.25, -0.2) is 22.9 Å². The fourth-order valence-corrected chi connectivity index (χ4v) is 5.99. The van der Waals surface area contributed by atoms with E-state index >= 15 is 0 Å². The average molecular weight is 596 g/mol. The predicted octanol–water partition coefficient (Wildman–Crippen LogP) is 4.56. The number of carbonyl (C=O) groups excluding carboxylic acids is 2. The first-order valence-corrected chi connectivity index (χ1v) is 15.3. The molecule has 2 heterocycles. The van der Waals surface area contributed by atoms with Gasteiger partial charge in [-0.3, -0.25) is 4.79 Å². The number of rotatable bonds is 7. The smallest absolute Gasteiger partial charge is 0.406 e. The third kappa shape index (κ3) is 7.35. The van der Waals surface area contributed by atoms with Crippen LogP contribution in [-0.4, -0.2) is 68.1 Å². The number of fused-ring (bicyclic) bond motifs is 4. The molecule has 42 heavy (non-hydrogen) atoms. The Balaban J connectivity index is 1.81. The van der Waals surface area contributed by atoms with E-state index in [-0.39, 0.29) is 46.8 Å². The summed E-state index contributed by atoms with van der Waals surface area (Å²) in [6.45, 7) is 8.73. The second-order valence-corrected chi connectivity index (χ2v) is 12.4. The molecule has 0 spiro atoms. The van der Waals surface area contributed by atoms with E-state index in [1.807, 2.05) is 32.0 Å². The number of methoxy groups -OCH3 is 1. The predicted molar refractivity (Wildman–Crippen MR) is 159 cm³/mol. The Hall–Kier alpha value is -4.19. The topological polar surface area (TPSA) is 140 Å². The summed E-state index contributed by atoms with van der Waals surface area (Å²) in [5.74, 6) is -0.0722. The van der Waals surface area contributed by atoms with Crippen molar-refractivity contribution in [3.05, 3.63) is 65.2 Å². The van der Waals surface area contributed by atoms with Gasteiger partial charge in [0.1, 0.15) is 6.61 Å². The number of nitrogens with zero attached hydrogens (tertiary/aromatic N) is 3. The van der Waals surface area contributed by atoms with Crippen LogP contribution in [0.3, 0.4) is 0 Å². The molecule has 0 radical (unpaired) electrons. The van der Waals surface area contributed by atoms with Crippen LogP contribution in [0.1, 0.15) is 48.2 Å². The quantitative estimate of drug-likeness (QED) is 0.379. The maximum absolute atomic E-state index is 13.9. The molecule has 1 aromatic heterocycles. The van der Waals surface area contributed by atoms with Gasteiger partial charge < -0.3 is 19.7 Å². The minimum absolute atomic E-state index is 0.0936. The molecule has 0 unspecified atom stereocenters. The molecule has 2 amide bonds. The van der Waals surface area contributed by atoms with Crippen LogP contribution in [-0.2, 0) is 14.8 Å². The molecular weight excluding hydrogens is 558 g/mol. The molecule has 0 saturated carbocycles. The standard InChI is InChI=1S/C30H37N5O6S/c1-19(2)15-23-18-41-26-17-25(27-20(3)9-6-10-21(27)4)32-29(33-26)34-42(38,39)24-12-7-11-22(16-24)28(36)35(23)14-8-13-31-30(37)40-5/h6-7,9-12,16-17,19,23H,8,13-15,18H2,1-5H3,(H,31,37)(H,32,33,34)/t23-/m1/s1. The Morgan fingerprint density at radius 1 is 1.14 bits per heavy atom. The van der Waals surface area contributed by atoms with Crippen LogP contribution in [0.2, 0.25) is 0 Å². The zero-order valence-corrected chi connectivity index (χ0v) is 25.3. The van der Waals surface area contributed by atoms with Gasteiger partial charge in [0.25, 0.3) is 15.9 Å². The molecule has 0 saturated heterocycles. The minimum atomic E-state index is -4.15. The van der Waals surface area contributed by atoms with Gasteiger partial charge in [-0.05, 0) is 61.9 Å². The van der Waals surface area contributed by atoms with Gasteiger partial charge in [0.15, 0.2) is 0 Å². The molecule has 0 fully saturated rings. The van der Waals surface area contributed by atoms with Crippen molar-refractivity contribution in [2.24, 2.45) is 5.92 Å². The van der Waals surface area contributed by atoms with E-state index in [0.29, 0.717) is 31.6 Å². The summed E-state index contributed by atoms with van der Waals surface area (Å²) in [7, 11) is -2.86. The lowest BCUT2D eigenvalue weighted by Gasteiger charge is -2.33. The molecule has 3 aromatic rings. The maximum atomic E-state index is 13.9. The Labute approximate surface area is 246 Å². The summed E-state index contributed by atoms with van der Waals surface area (Å²) in [5.41, 5.74) is 3.52. The Bertz CT molecular complexity index is 1540. The SMILES string of the molecule is COC(=O)NCCCN1C(=O)c2cccc(c2)S(=O)(=O)Nc2nc(cc(-c3c(C)cccc3C)n2)OC[C@H]1CC(C)C. The molecule has 0 aliphatic carbocycles. The summed E-state index contributed by atoms with van der Waals surface area (Å²) in [6, 6.07) is 13.1. The largest absolute Gasteiger partial charge is 0.475 e. The zero-order chi connectivity index (χ0) is 30.4. The molecule has 11 nitrogen and oxygen atoms in total. The van der Waals surface area contributed by atoms with E-state index in [4.69, 9.17) is 4.74 Å². The van der Waals surface area contributed by atoms with Crippen molar-refractivity contribution in [2.75, 3.05) is 31.5 Å². The van der Waals surface area contributed by atoms with Crippen molar-refractivity contribution in [1.29, 1.82) is 0 Å². The lowest BCUT2D eigenvalue weighted by atomic mass is 10.00. The number of hydrogen-bond donors (Lipinski definition) is 2. The van der Waals surface area contributed by atoms with Gasteiger partial charge in [-0.15, -0.1) is 0 Å². The fourth-order valence-electron chi connectivity index (χ4n) is 5.01. The van der Waals surface area contributed by atoms with Crippen LogP contribution in [0.5, 0.6) is 5.88 Å². The van der Waals surface area contributed by atoms with Crippen molar-refractivity contribution >= 4 is 28.0 Å². The van der Waals surface area contributed by atoms with Gasteiger partial charge in [0.2, 0.25) is 11.8 Å². The summed E-state index contributed by atoms with van der Waals surface area (Å²) >= 11 is 0. The number of alkyl carbamates (subject to hydrolysis) is 1. The van der Waals surface area contributed by atoms with E-state index in [2.05, 4.69) is 38.6 Å². The molecule has 2 N–H and O–H groups in total. The first-order chi connectivity index (χ1) is 20.0. The van der Waals surface area contributed by atoms with Gasteiger partial charge in [-0.2, -0.15) is 4.98 Å².